The Balaban J connectivity index is 1.38. The van der Waals surface area contributed by atoms with Crippen LogP contribution in [0.3, 0.4) is 0 Å². The van der Waals surface area contributed by atoms with E-state index in [2.05, 4.69) is 40.2 Å². The van der Waals surface area contributed by atoms with Gasteiger partial charge in [-0.25, -0.2) is 0 Å². The summed E-state index contributed by atoms with van der Waals surface area (Å²) in [4.78, 5) is 20.9. The molecule has 3 heterocycles. The molecule has 4 rings (SSSR count). The molecule has 1 unspecified atom stereocenters. The van der Waals surface area contributed by atoms with E-state index in [4.69, 9.17) is 4.74 Å². The van der Waals surface area contributed by atoms with Crippen molar-refractivity contribution in [2.24, 2.45) is 5.92 Å². The number of nitrogens with zero attached hydrogens (tertiary/aromatic N) is 2. The molecule has 0 spiro atoms. The number of aromatic nitrogens is 1. The van der Waals surface area contributed by atoms with Crippen molar-refractivity contribution in [1.82, 2.24) is 9.88 Å². The number of Topliss-reactive ketones (excluding diaryl/α,β-unsaturated/α-hetero) is 1. The highest BCUT2D eigenvalue weighted by atomic mass is 32.2. The average molecular weight is 395 g/mol. The van der Waals surface area contributed by atoms with Gasteiger partial charge in [0, 0.05) is 29.8 Å². The molecule has 0 saturated carbocycles. The second-order valence-corrected chi connectivity index (χ2v) is 8.67. The predicted molar refractivity (Wildman–Crippen MR) is 113 cm³/mol. The van der Waals surface area contributed by atoms with Gasteiger partial charge in [0.15, 0.2) is 5.76 Å². The summed E-state index contributed by atoms with van der Waals surface area (Å²) in [7, 11) is 1.63. The summed E-state index contributed by atoms with van der Waals surface area (Å²) >= 11 is 1.70. The lowest BCUT2D eigenvalue weighted by atomic mass is 9.94. The second kappa shape index (κ2) is 8.93. The molecule has 1 fully saturated rings. The number of ketones is 1. The minimum atomic E-state index is -0.109. The zero-order valence-electron chi connectivity index (χ0n) is 16.2. The molecule has 4 nitrogen and oxygen atoms in total. The molecule has 1 saturated heterocycles. The van der Waals surface area contributed by atoms with Gasteiger partial charge < -0.3 is 4.74 Å². The molecule has 0 N–H and O–H groups in total. The van der Waals surface area contributed by atoms with E-state index in [-0.39, 0.29) is 11.0 Å². The van der Waals surface area contributed by atoms with E-state index < -0.39 is 0 Å². The molecule has 2 aliphatic rings. The van der Waals surface area contributed by atoms with Crippen LogP contribution in [-0.2, 0) is 22.5 Å². The number of benzene rings is 1. The molecule has 0 aliphatic carbocycles. The molecular weight excluding hydrogens is 368 g/mol. The van der Waals surface area contributed by atoms with Crippen LogP contribution in [0.4, 0.5) is 0 Å². The summed E-state index contributed by atoms with van der Waals surface area (Å²) in [5, 5.41) is -0.109. The molecule has 0 amide bonds. The minimum Gasteiger partial charge on any atom is -0.492 e. The van der Waals surface area contributed by atoms with E-state index in [1.165, 1.54) is 5.56 Å². The van der Waals surface area contributed by atoms with Crippen LogP contribution < -0.4 is 0 Å². The number of hydrogen-bond donors (Lipinski definition) is 0. The van der Waals surface area contributed by atoms with E-state index in [1.807, 2.05) is 18.2 Å². The lowest BCUT2D eigenvalue weighted by Gasteiger charge is -2.32. The first-order valence-corrected chi connectivity index (χ1v) is 10.8. The highest BCUT2D eigenvalue weighted by Crippen LogP contribution is 2.44. The lowest BCUT2D eigenvalue weighted by Crippen LogP contribution is -2.33. The van der Waals surface area contributed by atoms with Crippen molar-refractivity contribution in [1.29, 1.82) is 0 Å². The number of allylic oxidation sites excluding steroid dienone is 2. The number of hydrogen-bond acceptors (Lipinski definition) is 5. The molecule has 2 aliphatic heterocycles. The first-order chi connectivity index (χ1) is 13.7. The Kier molecular flexibility index (Phi) is 6.13. The van der Waals surface area contributed by atoms with Gasteiger partial charge in [0.2, 0.25) is 5.78 Å². The number of likely N-dealkylation sites (tertiary alicyclic amines) is 1. The van der Waals surface area contributed by atoms with E-state index in [0.29, 0.717) is 18.1 Å². The number of carbonyl (C=O) groups excluding carboxylic acids is 1. The van der Waals surface area contributed by atoms with Gasteiger partial charge in [0.25, 0.3) is 0 Å². The molecule has 28 heavy (non-hydrogen) atoms. The average Bonchev–Trinajstić information content (AvgIpc) is 3.05. The van der Waals surface area contributed by atoms with Crippen LogP contribution in [0.5, 0.6) is 0 Å². The number of piperidine rings is 1. The van der Waals surface area contributed by atoms with Crippen molar-refractivity contribution >= 4 is 17.5 Å². The largest absolute Gasteiger partial charge is 0.492 e. The molecule has 0 radical (unpaired) electrons. The molecular formula is C23H26N2O2S. The van der Waals surface area contributed by atoms with Gasteiger partial charge >= 0.3 is 0 Å². The summed E-state index contributed by atoms with van der Waals surface area (Å²) in [5.41, 5.74) is 2.32. The number of carbonyl (C=O) groups is 1. The zero-order chi connectivity index (χ0) is 19.3. The fourth-order valence-corrected chi connectivity index (χ4v) is 5.54. The molecule has 1 aromatic carbocycles. The van der Waals surface area contributed by atoms with Crippen LogP contribution in [0.25, 0.3) is 0 Å². The summed E-state index contributed by atoms with van der Waals surface area (Å²) in [6.07, 6.45) is 4.60. The summed E-state index contributed by atoms with van der Waals surface area (Å²) in [5.74, 6) is 1.14. The first kappa shape index (κ1) is 19.2. The smallest absolute Gasteiger partial charge is 0.211 e. The summed E-state index contributed by atoms with van der Waals surface area (Å²) in [6.45, 7) is 3.11. The zero-order valence-corrected chi connectivity index (χ0v) is 17.0. The van der Waals surface area contributed by atoms with Crippen molar-refractivity contribution in [2.75, 3.05) is 20.2 Å². The standard InChI is InChI=1S/C23H26N2O2S/c1-27-22-21(26)20(15-19-9-5-6-12-24-19)28-23(22)18-10-13-25(14-11-18)16-17-7-3-2-4-8-17/h2-9,12,18,20H,10-11,13-16H2,1H3. The monoisotopic (exact) mass is 394 g/mol. The molecule has 1 atom stereocenters. The third kappa shape index (κ3) is 4.31. The van der Waals surface area contributed by atoms with Crippen LogP contribution in [0.1, 0.15) is 24.1 Å². The van der Waals surface area contributed by atoms with Crippen LogP contribution >= 0.6 is 11.8 Å². The summed E-state index contributed by atoms with van der Waals surface area (Å²) in [6, 6.07) is 16.5. The van der Waals surface area contributed by atoms with Gasteiger partial charge in [-0.05, 0) is 49.5 Å². The van der Waals surface area contributed by atoms with Gasteiger partial charge in [0.05, 0.1) is 12.4 Å². The van der Waals surface area contributed by atoms with Crippen molar-refractivity contribution in [3.63, 3.8) is 0 Å². The first-order valence-electron chi connectivity index (χ1n) is 9.90. The molecule has 2 aromatic rings. The van der Waals surface area contributed by atoms with Crippen molar-refractivity contribution < 1.29 is 9.53 Å². The Morgan fingerprint density at radius 1 is 1.11 bits per heavy atom. The van der Waals surface area contributed by atoms with Crippen LogP contribution in [0.15, 0.2) is 65.4 Å². The Morgan fingerprint density at radius 3 is 2.54 bits per heavy atom. The van der Waals surface area contributed by atoms with E-state index >= 15 is 0 Å². The van der Waals surface area contributed by atoms with Gasteiger partial charge in [-0.2, -0.15) is 0 Å². The van der Waals surface area contributed by atoms with E-state index in [0.717, 1.165) is 43.1 Å². The maximum Gasteiger partial charge on any atom is 0.211 e. The topological polar surface area (TPSA) is 42.4 Å². The number of pyridine rings is 1. The van der Waals surface area contributed by atoms with Gasteiger partial charge in [0.1, 0.15) is 0 Å². The van der Waals surface area contributed by atoms with Gasteiger partial charge in [-0.1, -0.05) is 36.4 Å². The normalized spacial score (nSPS) is 21.3. The Morgan fingerprint density at radius 2 is 1.86 bits per heavy atom. The fraction of sp³-hybridized carbons (Fsp3) is 0.391. The number of ether oxygens (including phenoxy) is 1. The van der Waals surface area contributed by atoms with Gasteiger partial charge in [-0.3, -0.25) is 14.7 Å². The van der Waals surface area contributed by atoms with Crippen molar-refractivity contribution in [3.8, 4) is 0 Å². The predicted octanol–water partition coefficient (Wildman–Crippen LogP) is 4.08. The molecule has 5 heteroatoms. The molecule has 1 aromatic heterocycles. The summed E-state index contributed by atoms with van der Waals surface area (Å²) < 4.78 is 5.55. The SMILES string of the molecule is COC1=C(C2CCN(Cc3ccccc3)CC2)SC(Cc2ccccn2)C1=O. The van der Waals surface area contributed by atoms with Crippen molar-refractivity contribution in [2.45, 2.75) is 31.1 Å². The molecule has 0 bridgehead atoms. The van der Waals surface area contributed by atoms with E-state index in [9.17, 15) is 4.79 Å². The van der Waals surface area contributed by atoms with Crippen LogP contribution in [0, 0.1) is 5.92 Å². The maximum absolute atomic E-state index is 12.9. The number of thioether (sulfide) groups is 1. The van der Waals surface area contributed by atoms with Gasteiger partial charge in [-0.15, -0.1) is 11.8 Å². The quantitative estimate of drug-likeness (QED) is 0.739. The minimum absolute atomic E-state index is 0.109. The third-order valence-corrected chi connectivity index (χ3v) is 6.98. The molecule has 146 valence electrons. The Labute approximate surface area is 171 Å². The van der Waals surface area contributed by atoms with E-state index in [1.54, 1.807) is 25.1 Å². The van der Waals surface area contributed by atoms with Crippen molar-refractivity contribution in [3.05, 3.63) is 76.6 Å². The second-order valence-electron chi connectivity index (χ2n) is 7.43. The lowest BCUT2D eigenvalue weighted by molar-refractivity contribution is -0.117. The Bertz CT molecular complexity index is 830. The number of rotatable bonds is 6. The highest BCUT2D eigenvalue weighted by Gasteiger charge is 2.39. The number of methoxy groups -OCH3 is 1. The highest BCUT2D eigenvalue weighted by molar-refractivity contribution is 8.04. The maximum atomic E-state index is 12.9. The third-order valence-electron chi connectivity index (χ3n) is 5.54. The van der Waals surface area contributed by atoms with Crippen LogP contribution in [-0.4, -0.2) is 41.1 Å². The fourth-order valence-electron chi connectivity index (χ4n) is 4.05. The van der Waals surface area contributed by atoms with Crippen LogP contribution in [0.2, 0.25) is 0 Å². The Hall–Kier alpha value is -2.11.